The summed E-state index contributed by atoms with van der Waals surface area (Å²) in [5, 5.41) is 4.58. The second kappa shape index (κ2) is 10.4. The predicted molar refractivity (Wildman–Crippen MR) is 84.4 cm³/mol. The first-order valence-electron chi connectivity index (χ1n) is 7.05. The van der Waals surface area contributed by atoms with Crippen molar-refractivity contribution in [2.45, 2.75) is 39.5 Å². The highest BCUT2D eigenvalue weighted by Crippen LogP contribution is 2.25. The Kier molecular flexibility index (Phi) is 9.23. The van der Waals surface area contributed by atoms with Gasteiger partial charge in [-0.15, -0.1) is 0 Å². The van der Waals surface area contributed by atoms with Crippen molar-refractivity contribution < 1.29 is 9.47 Å². The highest BCUT2D eigenvalue weighted by Gasteiger charge is 2.07. The van der Waals surface area contributed by atoms with E-state index in [0.717, 1.165) is 24.9 Å². The zero-order chi connectivity index (χ0) is 14.8. The summed E-state index contributed by atoms with van der Waals surface area (Å²) in [6.45, 7) is 6.91. The summed E-state index contributed by atoms with van der Waals surface area (Å²) in [5.74, 6) is 0. The van der Waals surface area contributed by atoms with Gasteiger partial charge in [0.25, 0.3) is 0 Å². The van der Waals surface area contributed by atoms with E-state index in [1.54, 1.807) is 6.07 Å². The molecule has 0 saturated carbocycles. The first kappa shape index (κ1) is 17.7. The molecule has 0 radical (unpaired) electrons. The average molecular weight is 320 g/mol. The van der Waals surface area contributed by atoms with Crippen LogP contribution in [0.3, 0.4) is 0 Å². The number of ether oxygens (including phenoxy) is 2. The maximum Gasteiger partial charge on any atom is 0.157 e. The summed E-state index contributed by atoms with van der Waals surface area (Å²) in [4.78, 5) is 0. The largest absolute Gasteiger partial charge is 0.353 e. The molecule has 0 bridgehead atoms. The maximum atomic E-state index is 6.13. The fourth-order valence-electron chi connectivity index (χ4n) is 1.89. The van der Waals surface area contributed by atoms with Gasteiger partial charge in [-0.25, -0.2) is 0 Å². The lowest BCUT2D eigenvalue weighted by molar-refractivity contribution is -0.139. The van der Waals surface area contributed by atoms with Gasteiger partial charge in [0.05, 0.1) is 10.0 Å². The smallest absolute Gasteiger partial charge is 0.157 e. The molecule has 0 unspecified atom stereocenters. The maximum absolute atomic E-state index is 6.13. The molecular weight excluding hydrogens is 297 g/mol. The number of hydrogen-bond acceptors (Lipinski definition) is 3. The van der Waals surface area contributed by atoms with E-state index in [-0.39, 0.29) is 6.29 Å². The molecule has 0 aliphatic carbocycles. The molecule has 0 aromatic heterocycles. The number of rotatable bonds is 10. The quantitative estimate of drug-likeness (QED) is 0.516. The molecule has 1 aromatic rings. The molecule has 0 spiro atoms. The Labute approximate surface area is 131 Å². The normalized spacial score (nSPS) is 11.2. The summed E-state index contributed by atoms with van der Waals surface area (Å²) >= 11 is 12.1. The van der Waals surface area contributed by atoms with E-state index in [4.69, 9.17) is 32.7 Å². The van der Waals surface area contributed by atoms with Gasteiger partial charge in [-0.1, -0.05) is 35.3 Å². The van der Waals surface area contributed by atoms with Crippen molar-refractivity contribution >= 4 is 23.2 Å². The minimum absolute atomic E-state index is 0.0958. The van der Waals surface area contributed by atoms with E-state index in [1.807, 2.05) is 26.0 Å². The summed E-state index contributed by atoms with van der Waals surface area (Å²) in [6, 6.07) is 5.68. The number of nitrogens with one attached hydrogen (secondary N) is 1. The molecule has 0 atom stereocenters. The lowest BCUT2D eigenvalue weighted by atomic mass is 10.2. The van der Waals surface area contributed by atoms with Gasteiger partial charge in [-0.05, 0) is 44.9 Å². The molecule has 0 aliphatic heterocycles. The molecule has 0 amide bonds. The van der Waals surface area contributed by atoms with Crippen molar-refractivity contribution in [1.29, 1.82) is 0 Å². The molecule has 0 aliphatic rings. The number of benzene rings is 1. The first-order valence-corrected chi connectivity index (χ1v) is 7.81. The summed E-state index contributed by atoms with van der Waals surface area (Å²) in [6.07, 6.45) is 1.78. The third-order valence-corrected chi connectivity index (χ3v) is 3.70. The van der Waals surface area contributed by atoms with Gasteiger partial charge < -0.3 is 14.8 Å². The molecule has 20 heavy (non-hydrogen) atoms. The molecule has 0 heterocycles. The van der Waals surface area contributed by atoms with E-state index >= 15 is 0 Å². The second-order valence-electron chi connectivity index (χ2n) is 4.37. The third kappa shape index (κ3) is 6.42. The van der Waals surface area contributed by atoms with E-state index in [1.165, 1.54) is 0 Å². The van der Waals surface area contributed by atoms with Crippen LogP contribution in [0.4, 0.5) is 0 Å². The van der Waals surface area contributed by atoms with E-state index in [0.29, 0.717) is 29.8 Å². The first-order chi connectivity index (χ1) is 9.69. The average Bonchev–Trinajstić information content (AvgIpc) is 2.43. The molecule has 114 valence electrons. The molecular formula is C15H23Cl2NO2. The van der Waals surface area contributed by atoms with E-state index in [2.05, 4.69) is 5.32 Å². The van der Waals surface area contributed by atoms with Gasteiger partial charge >= 0.3 is 0 Å². The van der Waals surface area contributed by atoms with E-state index in [9.17, 15) is 0 Å². The Bertz CT molecular complexity index is 382. The molecule has 0 saturated heterocycles. The van der Waals surface area contributed by atoms with Gasteiger partial charge in [0, 0.05) is 19.8 Å². The van der Waals surface area contributed by atoms with Crippen LogP contribution in [0.25, 0.3) is 0 Å². The Morgan fingerprint density at radius 1 is 1.15 bits per heavy atom. The highest BCUT2D eigenvalue weighted by atomic mass is 35.5. The summed E-state index contributed by atoms with van der Waals surface area (Å²) in [5.41, 5.74) is 1.02. The molecule has 0 fully saturated rings. The number of halogens is 2. The fourth-order valence-corrected chi connectivity index (χ4v) is 2.28. The van der Waals surface area contributed by atoms with Crippen molar-refractivity contribution in [2.75, 3.05) is 19.8 Å². The SMILES string of the molecule is CCOC(CCCNCc1cccc(Cl)c1Cl)OCC. The molecule has 5 heteroatoms. The standard InChI is InChI=1S/C15H23Cl2NO2/c1-3-19-14(20-4-2)9-6-10-18-11-12-7-5-8-13(16)15(12)17/h5,7-8,14,18H,3-4,6,9-11H2,1-2H3. The molecule has 1 rings (SSSR count). The van der Waals surface area contributed by atoms with Crippen LogP contribution in [0.15, 0.2) is 18.2 Å². The lowest BCUT2D eigenvalue weighted by Gasteiger charge is -2.16. The van der Waals surface area contributed by atoms with Crippen LogP contribution in [0.1, 0.15) is 32.3 Å². The highest BCUT2D eigenvalue weighted by molar-refractivity contribution is 6.42. The Morgan fingerprint density at radius 2 is 1.85 bits per heavy atom. The minimum Gasteiger partial charge on any atom is -0.353 e. The van der Waals surface area contributed by atoms with Gasteiger partial charge in [-0.2, -0.15) is 0 Å². The zero-order valence-electron chi connectivity index (χ0n) is 12.1. The minimum atomic E-state index is -0.0958. The Balaban J connectivity index is 2.22. The molecule has 1 N–H and O–H groups in total. The topological polar surface area (TPSA) is 30.5 Å². The van der Waals surface area contributed by atoms with Crippen molar-refractivity contribution in [1.82, 2.24) is 5.32 Å². The summed E-state index contributed by atoms with van der Waals surface area (Å²) in [7, 11) is 0. The van der Waals surface area contributed by atoms with Crippen LogP contribution in [0.2, 0.25) is 10.0 Å². The molecule has 3 nitrogen and oxygen atoms in total. The zero-order valence-corrected chi connectivity index (χ0v) is 13.6. The van der Waals surface area contributed by atoms with Gasteiger partial charge in [-0.3, -0.25) is 0 Å². The number of hydrogen-bond donors (Lipinski definition) is 1. The lowest BCUT2D eigenvalue weighted by Crippen LogP contribution is -2.21. The fraction of sp³-hybridized carbons (Fsp3) is 0.600. The third-order valence-electron chi connectivity index (χ3n) is 2.85. The van der Waals surface area contributed by atoms with E-state index < -0.39 is 0 Å². The van der Waals surface area contributed by atoms with Gasteiger partial charge in [0.1, 0.15) is 0 Å². The van der Waals surface area contributed by atoms with Crippen molar-refractivity contribution in [3.05, 3.63) is 33.8 Å². The van der Waals surface area contributed by atoms with Crippen LogP contribution >= 0.6 is 23.2 Å². The van der Waals surface area contributed by atoms with Crippen LogP contribution in [-0.4, -0.2) is 26.0 Å². The second-order valence-corrected chi connectivity index (χ2v) is 5.16. The van der Waals surface area contributed by atoms with Crippen LogP contribution in [-0.2, 0) is 16.0 Å². The Morgan fingerprint density at radius 3 is 2.50 bits per heavy atom. The van der Waals surface area contributed by atoms with Crippen LogP contribution in [0, 0.1) is 0 Å². The van der Waals surface area contributed by atoms with Crippen molar-refractivity contribution in [3.63, 3.8) is 0 Å². The summed E-state index contributed by atoms with van der Waals surface area (Å²) < 4.78 is 11.0. The predicted octanol–water partition coefficient (Wildman–Crippen LogP) is 4.26. The van der Waals surface area contributed by atoms with Crippen molar-refractivity contribution in [3.8, 4) is 0 Å². The van der Waals surface area contributed by atoms with Gasteiger partial charge in [0.15, 0.2) is 6.29 Å². The van der Waals surface area contributed by atoms with Gasteiger partial charge in [0.2, 0.25) is 0 Å². The Hall–Kier alpha value is -0.320. The van der Waals surface area contributed by atoms with Crippen molar-refractivity contribution in [2.24, 2.45) is 0 Å². The molecule has 1 aromatic carbocycles. The monoisotopic (exact) mass is 319 g/mol. The van der Waals surface area contributed by atoms with Crippen LogP contribution < -0.4 is 5.32 Å². The van der Waals surface area contributed by atoms with Crippen LogP contribution in [0.5, 0.6) is 0 Å².